The number of nitrogens with zero attached hydrogens (tertiary/aromatic N) is 1. The quantitative estimate of drug-likeness (QED) is 0.878. The lowest BCUT2D eigenvalue weighted by Gasteiger charge is -2.27. The van der Waals surface area contributed by atoms with E-state index < -0.39 is 22.0 Å². The Bertz CT molecular complexity index is 588. The lowest BCUT2D eigenvalue weighted by atomic mass is 10.2. The number of hydrogen-bond acceptors (Lipinski definition) is 4. The summed E-state index contributed by atoms with van der Waals surface area (Å²) < 4.78 is 29.5. The summed E-state index contributed by atoms with van der Waals surface area (Å²) in [5, 5.41) is 0.241. The van der Waals surface area contributed by atoms with Crippen LogP contribution in [0, 0.1) is 0 Å². The maximum atomic E-state index is 11.8. The number of anilines is 1. The molecule has 0 bridgehead atoms. The van der Waals surface area contributed by atoms with Gasteiger partial charge in [-0.15, -0.1) is 0 Å². The normalized spacial score (nSPS) is 12.8. The Balaban J connectivity index is 3.34. The number of benzene rings is 1. The molecule has 1 aromatic carbocycles. The molecule has 1 atom stereocenters. The van der Waals surface area contributed by atoms with Crippen molar-refractivity contribution in [2.45, 2.75) is 13.0 Å². The van der Waals surface area contributed by atoms with Crippen molar-refractivity contribution in [2.24, 2.45) is 5.73 Å². The number of halogens is 1. The number of nitrogens with two attached hydrogens (primary N) is 1. The molecule has 0 unspecified atom stereocenters. The highest BCUT2D eigenvalue weighted by molar-refractivity contribution is 7.92. The second-order valence-electron chi connectivity index (χ2n) is 3.96. The van der Waals surface area contributed by atoms with Crippen molar-refractivity contribution < 1.29 is 17.9 Å². The van der Waals surface area contributed by atoms with E-state index in [0.717, 1.165) is 10.6 Å². The summed E-state index contributed by atoms with van der Waals surface area (Å²) in [4.78, 5) is 11.2. The summed E-state index contributed by atoms with van der Waals surface area (Å²) in [5.41, 5.74) is 5.41. The van der Waals surface area contributed by atoms with Gasteiger partial charge >= 0.3 is 0 Å². The number of rotatable bonds is 5. The van der Waals surface area contributed by atoms with E-state index >= 15 is 0 Å². The average molecular weight is 307 g/mol. The summed E-state index contributed by atoms with van der Waals surface area (Å²) in [6.45, 7) is 1.40. The summed E-state index contributed by atoms with van der Waals surface area (Å²) in [7, 11) is -2.22. The number of amides is 1. The summed E-state index contributed by atoms with van der Waals surface area (Å²) in [5.74, 6) is -0.344. The maximum absolute atomic E-state index is 11.8. The molecule has 1 rings (SSSR count). The van der Waals surface area contributed by atoms with Crippen molar-refractivity contribution in [3.05, 3.63) is 23.2 Å². The summed E-state index contributed by atoms with van der Waals surface area (Å²) >= 11 is 5.95. The highest BCUT2D eigenvalue weighted by Crippen LogP contribution is 2.31. The van der Waals surface area contributed by atoms with Crippen LogP contribution in [0.5, 0.6) is 5.75 Å². The monoisotopic (exact) mass is 306 g/mol. The van der Waals surface area contributed by atoms with Crippen LogP contribution in [-0.2, 0) is 14.8 Å². The van der Waals surface area contributed by atoms with Crippen LogP contribution in [0.1, 0.15) is 6.92 Å². The van der Waals surface area contributed by atoms with Crippen molar-refractivity contribution >= 4 is 33.2 Å². The van der Waals surface area contributed by atoms with Gasteiger partial charge in [-0.3, -0.25) is 9.10 Å². The molecule has 19 heavy (non-hydrogen) atoms. The van der Waals surface area contributed by atoms with Crippen LogP contribution in [0.15, 0.2) is 18.2 Å². The summed E-state index contributed by atoms with van der Waals surface area (Å²) in [6.07, 6.45) is 0.991. The van der Waals surface area contributed by atoms with E-state index in [4.69, 9.17) is 22.1 Å². The number of ether oxygens (including phenoxy) is 1. The minimum absolute atomic E-state index is 0.241. The number of sulfonamides is 1. The highest BCUT2D eigenvalue weighted by atomic mass is 35.5. The van der Waals surface area contributed by atoms with E-state index in [1.807, 2.05) is 0 Å². The van der Waals surface area contributed by atoms with E-state index in [1.165, 1.54) is 32.2 Å². The molecule has 0 aliphatic heterocycles. The van der Waals surface area contributed by atoms with Gasteiger partial charge in [0.25, 0.3) is 0 Å². The molecule has 106 valence electrons. The van der Waals surface area contributed by atoms with Crippen molar-refractivity contribution in [2.75, 3.05) is 17.7 Å². The van der Waals surface area contributed by atoms with Gasteiger partial charge in [0.2, 0.25) is 15.9 Å². The predicted molar refractivity (Wildman–Crippen MR) is 74.0 cm³/mol. The Hall–Kier alpha value is -1.47. The predicted octanol–water partition coefficient (Wildman–Crippen LogP) is 0.988. The molecule has 0 radical (unpaired) electrons. The zero-order valence-corrected chi connectivity index (χ0v) is 12.3. The van der Waals surface area contributed by atoms with Crippen LogP contribution < -0.4 is 14.8 Å². The van der Waals surface area contributed by atoms with Gasteiger partial charge in [0.1, 0.15) is 11.8 Å². The van der Waals surface area contributed by atoms with Gasteiger partial charge in [0, 0.05) is 0 Å². The standard InChI is InChI=1S/C11H15ClN2O4S/c1-7(11(13)15)14(19(3,16)17)8-4-5-10(18-2)9(12)6-8/h4-7H,1-3H3,(H2,13,15)/t7-/m0/s1. The zero-order chi connectivity index (χ0) is 14.8. The minimum atomic E-state index is -3.67. The van der Waals surface area contributed by atoms with Crippen LogP contribution in [0.2, 0.25) is 5.02 Å². The van der Waals surface area contributed by atoms with Crippen molar-refractivity contribution in [3.63, 3.8) is 0 Å². The van der Waals surface area contributed by atoms with Crippen LogP contribution >= 0.6 is 11.6 Å². The van der Waals surface area contributed by atoms with E-state index in [2.05, 4.69) is 0 Å². The molecule has 8 heteroatoms. The fraction of sp³-hybridized carbons (Fsp3) is 0.364. The first-order valence-corrected chi connectivity index (χ1v) is 7.53. The van der Waals surface area contributed by atoms with Gasteiger partial charge < -0.3 is 10.5 Å². The average Bonchev–Trinajstić information content (AvgIpc) is 2.27. The molecule has 1 aromatic rings. The fourth-order valence-corrected chi connectivity index (χ4v) is 3.04. The van der Waals surface area contributed by atoms with E-state index in [9.17, 15) is 13.2 Å². The lowest BCUT2D eigenvalue weighted by molar-refractivity contribution is -0.118. The van der Waals surface area contributed by atoms with Gasteiger partial charge in [0.15, 0.2) is 0 Å². The van der Waals surface area contributed by atoms with Crippen molar-refractivity contribution in [3.8, 4) is 5.75 Å². The molecule has 0 heterocycles. The van der Waals surface area contributed by atoms with Gasteiger partial charge in [-0.1, -0.05) is 11.6 Å². The molecule has 2 N–H and O–H groups in total. The molecule has 0 saturated heterocycles. The third-order valence-corrected chi connectivity index (χ3v) is 4.05. The first kappa shape index (κ1) is 15.6. The third kappa shape index (κ3) is 3.51. The Kier molecular flexibility index (Phi) is 4.65. The molecule has 6 nitrogen and oxygen atoms in total. The highest BCUT2D eigenvalue weighted by Gasteiger charge is 2.28. The third-order valence-electron chi connectivity index (χ3n) is 2.51. The number of methoxy groups -OCH3 is 1. The van der Waals surface area contributed by atoms with Gasteiger partial charge in [-0.25, -0.2) is 8.42 Å². The molecule has 0 saturated carbocycles. The molecule has 0 aliphatic rings. The first-order valence-electron chi connectivity index (χ1n) is 5.30. The van der Waals surface area contributed by atoms with Crippen molar-refractivity contribution in [1.29, 1.82) is 0 Å². The molecular weight excluding hydrogens is 292 g/mol. The lowest BCUT2D eigenvalue weighted by Crippen LogP contribution is -2.45. The smallest absolute Gasteiger partial charge is 0.241 e. The second kappa shape index (κ2) is 5.66. The van der Waals surface area contributed by atoms with Crippen LogP contribution in [0.3, 0.4) is 0 Å². The topological polar surface area (TPSA) is 89.7 Å². The van der Waals surface area contributed by atoms with Gasteiger partial charge in [0.05, 0.1) is 24.1 Å². The molecule has 0 aliphatic carbocycles. The van der Waals surface area contributed by atoms with Crippen LogP contribution in [0.4, 0.5) is 5.69 Å². The molecule has 0 aromatic heterocycles. The SMILES string of the molecule is COc1ccc(N([C@@H](C)C(N)=O)S(C)(=O)=O)cc1Cl. The van der Waals surface area contributed by atoms with Gasteiger partial charge in [-0.05, 0) is 25.1 Å². The molecular formula is C11H15ClN2O4S. The maximum Gasteiger partial charge on any atom is 0.241 e. The number of carbonyl (C=O) groups excluding carboxylic acids is 1. The van der Waals surface area contributed by atoms with Crippen LogP contribution in [0.25, 0.3) is 0 Å². The minimum Gasteiger partial charge on any atom is -0.495 e. The molecule has 0 fully saturated rings. The molecule has 0 spiro atoms. The largest absolute Gasteiger partial charge is 0.495 e. The Morgan fingerprint density at radius 3 is 2.42 bits per heavy atom. The van der Waals surface area contributed by atoms with E-state index in [0.29, 0.717) is 5.75 Å². The van der Waals surface area contributed by atoms with Crippen molar-refractivity contribution in [1.82, 2.24) is 0 Å². The van der Waals surface area contributed by atoms with E-state index in [-0.39, 0.29) is 10.7 Å². The molecule has 1 amide bonds. The number of primary amides is 1. The summed E-state index contributed by atoms with van der Waals surface area (Å²) in [6, 6.07) is 3.40. The Labute approximate surface area is 117 Å². The zero-order valence-electron chi connectivity index (χ0n) is 10.8. The fourth-order valence-electron chi connectivity index (χ4n) is 1.61. The first-order chi connectivity index (χ1) is 8.68. The number of hydrogen-bond donors (Lipinski definition) is 1. The van der Waals surface area contributed by atoms with E-state index in [1.54, 1.807) is 0 Å². The van der Waals surface area contributed by atoms with Gasteiger partial charge in [-0.2, -0.15) is 0 Å². The second-order valence-corrected chi connectivity index (χ2v) is 6.22. The Morgan fingerprint density at radius 2 is 2.05 bits per heavy atom. The van der Waals surface area contributed by atoms with Crippen LogP contribution in [-0.4, -0.2) is 33.7 Å². The number of carbonyl (C=O) groups is 1. The Morgan fingerprint density at radius 1 is 1.47 bits per heavy atom.